The molecule has 1 amide bonds. The van der Waals surface area contributed by atoms with E-state index in [1.165, 1.54) is 6.08 Å². The van der Waals surface area contributed by atoms with Crippen LogP contribution in [0.3, 0.4) is 0 Å². The zero-order valence-electron chi connectivity index (χ0n) is 16.0. The van der Waals surface area contributed by atoms with E-state index >= 15 is 0 Å². The van der Waals surface area contributed by atoms with Crippen molar-refractivity contribution >= 4 is 29.3 Å². The van der Waals surface area contributed by atoms with Gasteiger partial charge in [0.2, 0.25) is 0 Å². The monoisotopic (exact) mass is 410 g/mol. The summed E-state index contributed by atoms with van der Waals surface area (Å²) in [7, 11) is 1.55. The van der Waals surface area contributed by atoms with Crippen LogP contribution in [-0.2, 0) is 4.79 Å². The molecule has 0 aliphatic heterocycles. The second-order valence-corrected chi connectivity index (χ2v) is 6.02. The van der Waals surface area contributed by atoms with Crippen LogP contribution >= 0.6 is 11.6 Å². The molecule has 2 aromatic rings. The Kier molecular flexibility index (Phi) is 7.97. The molecular formula is C22H19ClN2O4. The number of hydrogen-bond donors (Lipinski definition) is 1. The molecule has 0 heterocycles. The molecule has 1 N–H and O–H groups in total. The molecule has 2 rings (SSSR count). The number of nitrogens with zero attached hydrogens (tertiary/aromatic N) is 1. The summed E-state index contributed by atoms with van der Waals surface area (Å²) < 4.78 is 16.1. The summed E-state index contributed by atoms with van der Waals surface area (Å²) in [5, 5.41) is 12.3. The molecule has 0 saturated heterocycles. The molecule has 0 aliphatic carbocycles. The minimum Gasteiger partial charge on any atom is -0.497 e. The first-order valence-corrected chi connectivity index (χ1v) is 9.00. The normalized spacial score (nSPS) is 10.4. The number of halogens is 1. The first-order chi connectivity index (χ1) is 14.0. The van der Waals surface area contributed by atoms with Crippen molar-refractivity contribution in [1.29, 1.82) is 5.26 Å². The van der Waals surface area contributed by atoms with Crippen LogP contribution < -0.4 is 19.5 Å². The fourth-order valence-corrected chi connectivity index (χ4v) is 2.65. The second-order valence-electron chi connectivity index (χ2n) is 5.61. The molecule has 0 aromatic heterocycles. The number of nitriles is 1. The van der Waals surface area contributed by atoms with Crippen molar-refractivity contribution < 1.29 is 19.0 Å². The van der Waals surface area contributed by atoms with E-state index in [9.17, 15) is 10.1 Å². The van der Waals surface area contributed by atoms with Crippen LogP contribution in [0, 0.1) is 23.7 Å². The number of methoxy groups -OCH3 is 1. The van der Waals surface area contributed by atoms with Gasteiger partial charge in [0.25, 0.3) is 5.91 Å². The molecule has 148 valence electrons. The number of hydrogen-bond acceptors (Lipinski definition) is 5. The molecule has 0 spiro atoms. The first-order valence-electron chi connectivity index (χ1n) is 8.62. The van der Waals surface area contributed by atoms with Crippen LogP contribution in [0.5, 0.6) is 17.2 Å². The Morgan fingerprint density at radius 1 is 1.28 bits per heavy atom. The number of benzene rings is 2. The van der Waals surface area contributed by atoms with E-state index in [-0.39, 0.29) is 17.2 Å². The molecule has 0 saturated carbocycles. The Hall–Kier alpha value is -3.61. The number of anilines is 1. The highest BCUT2D eigenvalue weighted by Gasteiger charge is 2.14. The predicted molar refractivity (Wildman–Crippen MR) is 112 cm³/mol. The smallest absolute Gasteiger partial charge is 0.266 e. The van der Waals surface area contributed by atoms with Gasteiger partial charge < -0.3 is 19.5 Å². The Labute approximate surface area is 174 Å². The highest BCUT2D eigenvalue weighted by atomic mass is 35.5. The Morgan fingerprint density at radius 2 is 2.00 bits per heavy atom. The second kappa shape index (κ2) is 10.7. The van der Waals surface area contributed by atoms with Gasteiger partial charge in [-0.25, -0.2) is 0 Å². The van der Waals surface area contributed by atoms with Crippen molar-refractivity contribution in [2.24, 2.45) is 0 Å². The van der Waals surface area contributed by atoms with Gasteiger partial charge in [0.15, 0.2) is 11.5 Å². The lowest BCUT2D eigenvalue weighted by atomic mass is 10.1. The number of nitrogens with one attached hydrogen (secondary N) is 1. The van der Waals surface area contributed by atoms with Crippen LogP contribution in [0.4, 0.5) is 5.69 Å². The third-order valence-electron chi connectivity index (χ3n) is 3.66. The van der Waals surface area contributed by atoms with Crippen molar-refractivity contribution in [3.05, 3.63) is 52.6 Å². The molecule has 0 bridgehead atoms. The van der Waals surface area contributed by atoms with Crippen LogP contribution in [0.25, 0.3) is 6.08 Å². The lowest BCUT2D eigenvalue weighted by Gasteiger charge is -2.13. The third kappa shape index (κ3) is 5.93. The Bertz CT molecular complexity index is 986. The van der Waals surface area contributed by atoms with Crippen LogP contribution in [0.1, 0.15) is 12.5 Å². The average Bonchev–Trinajstić information content (AvgIpc) is 2.72. The summed E-state index contributed by atoms with van der Waals surface area (Å²) in [6.07, 6.45) is 6.64. The van der Waals surface area contributed by atoms with Crippen LogP contribution in [-0.4, -0.2) is 26.2 Å². The third-order valence-corrected chi connectivity index (χ3v) is 3.94. The van der Waals surface area contributed by atoms with Gasteiger partial charge in [0.05, 0.1) is 18.7 Å². The van der Waals surface area contributed by atoms with Gasteiger partial charge >= 0.3 is 0 Å². The standard InChI is InChI=1S/C22H19ClN2O4/c1-4-10-29-21-19(23)12-15(13-20(21)28-5-2)11-16(14-24)22(26)25-17-6-8-18(27-3)9-7-17/h1,6-9,11-13H,5,10H2,2-3H3,(H,25,26)/b16-11+. The van der Waals surface area contributed by atoms with Crippen molar-refractivity contribution in [2.45, 2.75) is 6.92 Å². The number of amides is 1. The van der Waals surface area contributed by atoms with E-state index in [2.05, 4.69) is 11.2 Å². The zero-order valence-corrected chi connectivity index (χ0v) is 16.7. The van der Waals surface area contributed by atoms with Crippen LogP contribution in [0.2, 0.25) is 5.02 Å². The maximum absolute atomic E-state index is 12.5. The zero-order chi connectivity index (χ0) is 21.2. The minimum atomic E-state index is -0.556. The SMILES string of the molecule is C#CCOc1c(Cl)cc(/C=C(\C#N)C(=O)Nc2ccc(OC)cc2)cc1OCC. The fraction of sp³-hybridized carbons (Fsp3) is 0.182. The summed E-state index contributed by atoms with van der Waals surface area (Å²) in [5.41, 5.74) is 0.938. The number of carbonyl (C=O) groups excluding carboxylic acids is 1. The van der Waals surface area contributed by atoms with Crippen LogP contribution in [0.15, 0.2) is 42.0 Å². The van der Waals surface area contributed by atoms with Gasteiger partial charge in [0.1, 0.15) is 24.0 Å². The molecule has 6 nitrogen and oxygen atoms in total. The number of ether oxygens (including phenoxy) is 3. The largest absolute Gasteiger partial charge is 0.497 e. The lowest BCUT2D eigenvalue weighted by molar-refractivity contribution is -0.112. The molecule has 0 fully saturated rings. The summed E-state index contributed by atoms with van der Waals surface area (Å²) in [6.45, 7) is 2.21. The summed E-state index contributed by atoms with van der Waals surface area (Å²) in [5.74, 6) is 3.14. The maximum Gasteiger partial charge on any atom is 0.266 e. The maximum atomic E-state index is 12.5. The number of terminal acetylenes is 1. The van der Waals surface area contributed by atoms with Gasteiger partial charge in [-0.2, -0.15) is 5.26 Å². The van der Waals surface area contributed by atoms with E-state index in [1.54, 1.807) is 43.5 Å². The van der Waals surface area contributed by atoms with Crippen molar-refractivity contribution in [2.75, 3.05) is 25.6 Å². The van der Waals surface area contributed by atoms with E-state index in [0.717, 1.165) is 0 Å². The summed E-state index contributed by atoms with van der Waals surface area (Å²) in [6, 6.07) is 11.8. The molecule has 29 heavy (non-hydrogen) atoms. The lowest BCUT2D eigenvalue weighted by Crippen LogP contribution is -2.13. The summed E-state index contributed by atoms with van der Waals surface area (Å²) >= 11 is 6.27. The average molecular weight is 411 g/mol. The molecule has 0 atom stereocenters. The van der Waals surface area contributed by atoms with Gasteiger partial charge in [-0.15, -0.1) is 6.42 Å². The first kappa shape index (κ1) is 21.7. The highest BCUT2D eigenvalue weighted by molar-refractivity contribution is 6.32. The molecule has 7 heteroatoms. The Balaban J connectivity index is 2.29. The van der Waals surface area contributed by atoms with E-state index in [1.807, 2.05) is 13.0 Å². The van der Waals surface area contributed by atoms with Crippen molar-refractivity contribution in [1.82, 2.24) is 0 Å². The van der Waals surface area contributed by atoms with Gasteiger partial charge in [-0.1, -0.05) is 17.5 Å². The highest BCUT2D eigenvalue weighted by Crippen LogP contribution is 2.37. The molecule has 0 unspecified atom stereocenters. The molecule has 2 aromatic carbocycles. The van der Waals surface area contributed by atoms with E-state index < -0.39 is 5.91 Å². The summed E-state index contributed by atoms with van der Waals surface area (Å²) in [4.78, 5) is 12.5. The van der Waals surface area contributed by atoms with Gasteiger partial charge in [0, 0.05) is 5.69 Å². The van der Waals surface area contributed by atoms with Gasteiger partial charge in [-0.3, -0.25) is 4.79 Å². The van der Waals surface area contributed by atoms with Gasteiger partial charge in [-0.05, 0) is 55.0 Å². The Morgan fingerprint density at radius 3 is 2.59 bits per heavy atom. The predicted octanol–water partition coefficient (Wildman–Crippen LogP) is 4.30. The topological polar surface area (TPSA) is 80.6 Å². The quantitative estimate of drug-likeness (QED) is 0.398. The molecule has 0 radical (unpaired) electrons. The number of carbonyl (C=O) groups is 1. The minimum absolute atomic E-state index is 0.0304. The van der Waals surface area contributed by atoms with E-state index in [0.29, 0.717) is 35.1 Å². The number of rotatable bonds is 8. The molecular weight excluding hydrogens is 392 g/mol. The van der Waals surface area contributed by atoms with Crippen molar-refractivity contribution in [3.63, 3.8) is 0 Å². The fourth-order valence-electron chi connectivity index (χ4n) is 2.38. The van der Waals surface area contributed by atoms with E-state index in [4.69, 9.17) is 32.2 Å². The van der Waals surface area contributed by atoms with Crippen molar-refractivity contribution in [3.8, 4) is 35.7 Å². The molecule has 0 aliphatic rings.